The molecule has 6 nitrogen and oxygen atoms in total. The van der Waals surface area contributed by atoms with Crippen LogP contribution in [-0.2, 0) is 14.2 Å². The van der Waals surface area contributed by atoms with Crippen molar-refractivity contribution in [3.8, 4) is 0 Å². The molecule has 1 aliphatic carbocycles. The summed E-state index contributed by atoms with van der Waals surface area (Å²) >= 11 is 0. The van der Waals surface area contributed by atoms with Crippen LogP contribution in [0.2, 0.25) is 0 Å². The van der Waals surface area contributed by atoms with Crippen molar-refractivity contribution in [2.45, 2.75) is 63.8 Å². The Balaban J connectivity index is 2.10. The molecule has 1 amide bonds. The van der Waals surface area contributed by atoms with Crippen molar-refractivity contribution in [3.63, 3.8) is 0 Å². The molecule has 0 aromatic rings. The monoisotopic (exact) mass is 301 g/mol. The summed E-state index contributed by atoms with van der Waals surface area (Å²) in [5.74, 6) is 0.259. The highest BCUT2D eigenvalue weighted by atomic mass is 16.7. The standard InChI is InChI=1S/C15H27NO5/c1-15(2,3)21-14(18)16-11-6-5-10(7-13(11)17)12(16)8-20-9-19-4/h10-13,17H,5-9H2,1-4H3/t10-,11+,12-,13-/m1/s1. The summed E-state index contributed by atoms with van der Waals surface area (Å²) in [6.07, 6.45) is 1.75. The maximum Gasteiger partial charge on any atom is 0.410 e. The van der Waals surface area contributed by atoms with Gasteiger partial charge in [-0.1, -0.05) is 0 Å². The first-order valence-electron chi connectivity index (χ1n) is 7.59. The van der Waals surface area contributed by atoms with Crippen LogP contribution in [0.1, 0.15) is 40.0 Å². The number of methoxy groups -OCH3 is 1. The van der Waals surface area contributed by atoms with E-state index < -0.39 is 11.7 Å². The average Bonchev–Trinajstić information content (AvgIpc) is 2.37. The third-order valence-electron chi connectivity index (χ3n) is 4.17. The predicted molar refractivity (Wildman–Crippen MR) is 76.8 cm³/mol. The molecule has 1 saturated carbocycles. The summed E-state index contributed by atoms with van der Waals surface area (Å²) < 4.78 is 15.9. The number of carbonyl (C=O) groups excluding carboxylic acids is 1. The molecule has 0 aromatic heterocycles. The predicted octanol–water partition coefficient (Wildman–Crippen LogP) is 1.76. The molecule has 6 heteroatoms. The summed E-state index contributed by atoms with van der Waals surface area (Å²) in [5, 5.41) is 10.2. The van der Waals surface area contributed by atoms with Crippen molar-refractivity contribution in [1.29, 1.82) is 0 Å². The molecule has 2 bridgehead atoms. The van der Waals surface area contributed by atoms with Crippen molar-refractivity contribution in [2.75, 3.05) is 20.5 Å². The van der Waals surface area contributed by atoms with Gasteiger partial charge in [0.1, 0.15) is 12.4 Å². The molecule has 3 rings (SSSR count). The third-order valence-corrected chi connectivity index (χ3v) is 4.17. The topological polar surface area (TPSA) is 68.2 Å². The lowest BCUT2D eigenvalue weighted by Crippen LogP contribution is -2.64. The number of hydrogen-bond acceptors (Lipinski definition) is 5. The number of carbonyl (C=O) groups is 1. The number of nitrogens with zero attached hydrogens (tertiary/aromatic N) is 1. The SMILES string of the molecule is COCOC[C@@H]1[C@@H]2CC[C@@H]([C@H](O)C2)N1C(=O)OC(C)(C)C. The molecule has 4 atom stereocenters. The van der Waals surface area contributed by atoms with Crippen LogP contribution < -0.4 is 0 Å². The zero-order valence-electron chi connectivity index (χ0n) is 13.4. The fourth-order valence-corrected chi connectivity index (χ4v) is 3.36. The molecule has 3 fully saturated rings. The van der Waals surface area contributed by atoms with Gasteiger partial charge in [0.05, 0.1) is 24.8 Å². The van der Waals surface area contributed by atoms with Gasteiger partial charge in [-0.05, 0) is 46.0 Å². The minimum Gasteiger partial charge on any atom is -0.444 e. The number of aliphatic hydroxyl groups excluding tert-OH is 1. The van der Waals surface area contributed by atoms with E-state index in [-0.39, 0.29) is 30.9 Å². The molecular formula is C15H27NO5. The minimum absolute atomic E-state index is 0.0443. The zero-order valence-corrected chi connectivity index (χ0v) is 13.4. The van der Waals surface area contributed by atoms with Crippen LogP contribution in [0.15, 0.2) is 0 Å². The van der Waals surface area contributed by atoms with Gasteiger partial charge < -0.3 is 19.3 Å². The second-order valence-electron chi connectivity index (χ2n) is 6.94. The van der Waals surface area contributed by atoms with Gasteiger partial charge in [0.15, 0.2) is 0 Å². The molecule has 3 aliphatic rings. The number of amides is 1. The van der Waals surface area contributed by atoms with E-state index in [1.807, 2.05) is 20.8 Å². The first-order valence-corrected chi connectivity index (χ1v) is 7.59. The first kappa shape index (κ1) is 16.5. The Hall–Kier alpha value is -0.850. The van der Waals surface area contributed by atoms with Crippen LogP contribution >= 0.6 is 0 Å². The molecule has 2 saturated heterocycles. The van der Waals surface area contributed by atoms with Gasteiger partial charge in [-0.15, -0.1) is 0 Å². The number of piperidine rings is 2. The number of hydrogen-bond donors (Lipinski definition) is 1. The first-order chi connectivity index (χ1) is 9.83. The van der Waals surface area contributed by atoms with Gasteiger partial charge >= 0.3 is 6.09 Å². The highest BCUT2D eigenvalue weighted by Gasteiger charge is 2.49. The summed E-state index contributed by atoms with van der Waals surface area (Å²) in [6, 6.07) is -0.210. The van der Waals surface area contributed by atoms with Gasteiger partial charge in [-0.3, -0.25) is 4.90 Å². The third kappa shape index (κ3) is 3.87. The van der Waals surface area contributed by atoms with E-state index in [0.29, 0.717) is 6.61 Å². The summed E-state index contributed by atoms with van der Waals surface area (Å²) in [5.41, 5.74) is -0.545. The summed E-state index contributed by atoms with van der Waals surface area (Å²) in [4.78, 5) is 14.2. The average molecular weight is 301 g/mol. The second-order valence-corrected chi connectivity index (χ2v) is 6.94. The van der Waals surface area contributed by atoms with E-state index in [1.165, 1.54) is 0 Å². The highest BCUT2D eigenvalue weighted by Crippen LogP contribution is 2.40. The van der Waals surface area contributed by atoms with Gasteiger partial charge in [-0.25, -0.2) is 4.79 Å². The Bertz CT molecular complexity index is 368. The van der Waals surface area contributed by atoms with Gasteiger partial charge in [0.25, 0.3) is 0 Å². The van der Waals surface area contributed by atoms with E-state index in [2.05, 4.69) is 0 Å². The largest absolute Gasteiger partial charge is 0.444 e. The van der Waals surface area contributed by atoms with E-state index in [1.54, 1.807) is 12.0 Å². The summed E-state index contributed by atoms with van der Waals surface area (Å²) in [7, 11) is 1.57. The molecule has 0 spiro atoms. The van der Waals surface area contributed by atoms with Crippen molar-refractivity contribution in [3.05, 3.63) is 0 Å². The van der Waals surface area contributed by atoms with Crippen molar-refractivity contribution < 1.29 is 24.1 Å². The van der Waals surface area contributed by atoms with Crippen molar-refractivity contribution in [2.24, 2.45) is 5.92 Å². The Kier molecular flexibility index (Phi) is 5.11. The molecule has 21 heavy (non-hydrogen) atoms. The Morgan fingerprint density at radius 3 is 2.62 bits per heavy atom. The normalized spacial score (nSPS) is 32.3. The Morgan fingerprint density at radius 1 is 1.33 bits per heavy atom. The lowest BCUT2D eigenvalue weighted by atomic mass is 9.73. The van der Waals surface area contributed by atoms with Gasteiger partial charge in [0, 0.05) is 7.11 Å². The molecule has 1 N–H and O–H groups in total. The summed E-state index contributed by atoms with van der Waals surface area (Å²) in [6.45, 7) is 6.17. The van der Waals surface area contributed by atoms with Crippen LogP contribution in [-0.4, -0.2) is 60.4 Å². The smallest absolute Gasteiger partial charge is 0.410 e. The molecular weight excluding hydrogens is 274 g/mol. The van der Waals surface area contributed by atoms with E-state index >= 15 is 0 Å². The lowest BCUT2D eigenvalue weighted by molar-refractivity contribution is -0.126. The number of ether oxygens (including phenoxy) is 3. The van der Waals surface area contributed by atoms with Crippen LogP contribution in [0.5, 0.6) is 0 Å². The minimum atomic E-state index is -0.545. The van der Waals surface area contributed by atoms with Crippen LogP contribution in [0.25, 0.3) is 0 Å². The maximum absolute atomic E-state index is 12.5. The fourth-order valence-electron chi connectivity index (χ4n) is 3.36. The fraction of sp³-hybridized carbons (Fsp3) is 0.933. The van der Waals surface area contributed by atoms with Crippen LogP contribution in [0, 0.1) is 5.92 Å². The quantitative estimate of drug-likeness (QED) is 0.633. The Morgan fingerprint density at radius 2 is 2.05 bits per heavy atom. The van der Waals surface area contributed by atoms with E-state index in [0.717, 1.165) is 19.3 Å². The Labute approximate surface area is 126 Å². The van der Waals surface area contributed by atoms with Crippen molar-refractivity contribution in [1.82, 2.24) is 4.90 Å². The highest BCUT2D eigenvalue weighted by molar-refractivity contribution is 5.69. The second kappa shape index (κ2) is 6.50. The molecule has 0 radical (unpaired) electrons. The van der Waals surface area contributed by atoms with Crippen molar-refractivity contribution >= 4 is 6.09 Å². The van der Waals surface area contributed by atoms with E-state index in [9.17, 15) is 9.90 Å². The molecule has 0 aromatic carbocycles. The zero-order chi connectivity index (χ0) is 15.6. The number of rotatable bonds is 4. The molecule has 122 valence electrons. The number of fused-ring (bicyclic) bond motifs is 3. The maximum atomic E-state index is 12.5. The molecule has 0 unspecified atom stereocenters. The number of aliphatic hydroxyl groups is 1. The van der Waals surface area contributed by atoms with Crippen LogP contribution in [0.4, 0.5) is 4.79 Å². The van der Waals surface area contributed by atoms with Crippen LogP contribution in [0.3, 0.4) is 0 Å². The molecule has 2 aliphatic heterocycles. The molecule has 2 heterocycles. The van der Waals surface area contributed by atoms with E-state index in [4.69, 9.17) is 14.2 Å². The van der Waals surface area contributed by atoms with Gasteiger partial charge in [-0.2, -0.15) is 0 Å². The van der Waals surface area contributed by atoms with Gasteiger partial charge in [0.2, 0.25) is 0 Å². The lowest BCUT2D eigenvalue weighted by Gasteiger charge is -2.53.